The molecule has 0 spiro atoms. The zero-order valence-electron chi connectivity index (χ0n) is 9.48. The van der Waals surface area contributed by atoms with Gasteiger partial charge in [-0.2, -0.15) is 0 Å². The van der Waals surface area contributed by atoms with E-state index in [0.29, 0.717) is 6.42 Å². The highest BCUT2D eigenvalue weighted by Gasteiger charge is 1.95. The Labute approximate surface area is 96.3 Å². The lowest BCUT2D eigenvalue weighted by Crippen LogP contribution is -2.19. The van der Waals surface area contributed by atoms with Gasteiger partial charge >= 0.3 is 0 Å². The van der Waals surface area contributed by atoms with Crippen LogP contribution in [0.15, 0.2) is 24.4 Å². The van der Waals surface area contributed by atoms with Gasteiger partial charge in [-0.1, -0.05) is 6.07 Å². The standard InChI is InChI=1S/C12H19N3O/c13-12(16)6-2-3-8-14-10-7-11-5-1-4-9-15-11/h1,4-5,9,14H,2-3,6-8,10H2,(H2,13,16). The first-order chi connectivity index (χ1) is 7.79. The quantitative estimate of drug-likeness (QED) is 0.640. The number of carbonyl (C=O) groups excluding carboxylic acids is 1. The fraction of sp³-hybridized carbons (Fsp3) is 0.500. The molecule has 0 aliphatic heterocycles. The van der Waals surface area contributed by atoms with E-state index in [1.54, 1.807) is 0 Å². The summed E-state index contributed by atoms with van der Waals surface area (Å²) in [6.45, 7) is 1.85. The molecule has 0 unspecified atom stereocenters. The van der Waals surface area contributed by atoms with Crippen molar-refractivity contribution in [2.45, 2.75) is 25.7 Å². The first kappa shape index (κ1) is 12.6. The van der Waals surface area contributed by atoms with Gasteiger partial charge in [0.1, 0.15) is 0 Å². The molecule has 0 fully saturated rings. The number of hydrogen-bond donors (Lipinski definition) is 2. The van der Waals surface area contributed by atoms with Gasteiger partial charge < -0.3 is 11.1 Å². The van der Waals surface area contributed by atoms with Crippen molar-refractivity contribution in [3.63, 3.8) is 0 Å². The van der Waals surface area contributed by atoms with Gasteiger partial charge in [0.15, 0.2) is 0 Å². The Morgan fingerprint density at radius 1 is 1.31 bits per heavy atom. The molecule has 0 aliphatic rings. The fourth-order valence-corrected chi connectivity index (χ4v) is 1.44. The molecule has 4 nitrogen and oxygen atoms in total. The number of pyridine rings is 1. The number of unbranched alkanes of at least 4 members (excludes halogenated alkanes) is 1. The van der Waals surface area contributed by atoms with E-state index < -0.39 is 0 Å². The highest BCUT2D eigenvalue weighted by Crippen LogP contribution is 1.94. The number of nitrogens with two attached hydrogens (primary N) is 1. The second-order valence-electron chi connectivity index (χ2n) is 3.74. The fourth-order valence-electron chi connectivity index (χ4n) is 1.44. The summed E-state index contributed by atoms with van der Waals surface area (Å²) >= 11 is 0. The topological polar surface area (TPSA) is 68.0 Å². The summed E-state index contributed by atoms with van der Waals surface area (Å²) in [6.07, 6.45) is 5.10. The summed E-state index contributed by atoms with van der Waals surface area (Å²) < 4.78 is 0. The van der Waals surface area contributed by atoms with Crippen LogP contribution >= 0.6 is 0 Å². The van der Waals surface area contributed by atoms with Crippen LogP contribution in [0.5, 0.6) is 0 Å². The molecular formula is C12H19N3O. The number of nitrogens with zero attached hydrogens (tertiary/aromatic N) is 1. The van der Waals surface area contributed by atoms with E-state index in [4.69, 9.17) is 5.73 Å². The predicted molar refractivity (Wildman–Crippen MR) is 63.9 cm³/mol. The van der Waals surface area contributed by atoms with Gasteiger partial charge in [-0.05, 0) is 31.5 Å². The summed E-state index contributed by atoms with van der Waals surface area (Å²) in [7, 11) is 0. The van der Waals surface area contributed by atoms with E-state index in [9.17, 15) is 4.79 Å². The molecule has 0 bridgehead atoms. The molecule has 1 rings (SSSR count). The molecule has 1 aromatic rings. The first-order valence-corrected chi connectivity index (χ1v) is 5.68. The summed E-state index contributed by atoms with van der Waals surface area (Å²) in [5, 5.41) is 3.32. The van der Waals surface area contributed by atoms with Gasteiger partial charge in [0.25, 0.3) is 0 Å². The van der Waals surface area contributed by atoms with E-state index >= 15 is 0 Å². The van der Waals surface area contributed by atoms with Crippen LogP contribution in [0.1, 0.15) is 25.0 Å². The maximum atomic E-state index is 10.5. The minimum atomic E-state index is -0.214. The van der Waals surface area contributed by atoms with Gasteiger partial charge in [0.2, 0.25) is 5.91 Å². The van der Waals surface area contributed by atoms with Gasteiger partial charge in [-0.15, -0.1) is 0 Å². The third kappa shape index (κ3) is 6.14. The van der Waals surface area contributed by atoms with Crippen LogP contribution in [0.25, 0.3) is 0 Å². The summed E-state index contributed by atoms with van der Waals surface area (Å²) in [4.78, 5) is 14.7. The normalized spacial score (nSPS) is 10.2. The van der Waals surface area contributed by atoms with Crippen LogP contribution in [0.2, 0.25) is 0 Å². The van der Waals surface area contributed by atoms with Crippen molar-refractivity contribution >= 4 is 5.91 Å². The molecule has 0 aromatic carbocycles. The predicted octanol–water partition coefficient (Wildman–Crippen LogP) is 0.869. The minimum Gasteiger partial charge on any atom is -0.370 e. The molecule has 0 radical (unpaired) electrons. The molecule has 0 aliphatic carbocycles. The Kier molecular flexibility index (Phi) is 6.18. The molecule has 3 N–H and O–H groups in total. The van der Waals surface area contributed by atoms with E-state index in [0.717, 1.165) is 38.0 Å². The Morgan fingerprint density at radius 2 is 2.19 bits per heavy atom. The number of rotatable bonds is 8. The van der Waals surface area contributed by atoms with Crippen LogP contribution in [0, 0.1) is 0 Å². The molecule has 1 heterocycles. The third-order valence-corrected chi connectivity index (χ3v) is 2.31. The number of carbonyl (C=O) groups is 1. The second kappa shape index (κ2) is 7.82. The zero-order valence-corrected chi connectivity index (χ0v) is 9.48. The molecule has 16 heavy (non-hydrogen) atoms. The SMILES string of the molecule is NC(=O)CCCCNCCc1ccccn1. The Bertz CT molecular complexity index is 300. The van der Waals surface area contributed by atoms with Crippen molar-refractivity contribution in [1.29, 1.82) is 0 Å². The lowest BCUT2D eigenvalue weighted by atomic mass is 10.2. The molecular weight excluding hydrogens is 202 g/mol. The average molecular weight is 221 g/mol. The van der Waals surface area contributed by atoms with Crippen LogP contribution in [-0.4, -0.2) is 24.0 Å². The third-order valence-electron chi connectivity index (χ3n) is 2.31. The maximum Gasteiger partial charge on any atom is 0.217 e. The maximum absolute atomic E-state index is 10.5. The lowest BCUT2D eigenvalue weighted by molar-refractivity contribution is -0.118. The molecule has 88 valence electrons. The van der Waals surface area contributed by atoms with Crippen LogP contribution < -0.4 is 11.1 Å². The monoisotopic (exact) mass is 221 g/mol. The first-order valence-electron chi connectivity index (χ1n) is 5.68. The van der Waals surface area contributed by atoms with Gasteiger partial charge in [-0.25, -0.2) is 0 Å². The zero-order chi connectivity index (χ0) is 11.6. The number of amides is 1. The van der Waals surface area contributed by atoms with E-state index in [1.807, 2.05) is 24.4 Å². The van der Waals surface area contributed by atoms with E-state index in [-0.39, 0.29) is 5.91 Å². The highest BCUT2D eigenvalue weighted by atomic mass is 16.1. The molecule has 0 saturated carbocycles. The molecule has 0 atom stereocenters. The smallest absolute Gasteiger partial charge is 0.217 e. The van der Waals surface area contributed by atoms with Crippen molar-refractivity contribution in [2.24, 2.45) is 5.73 Å². The van der Waals surface area contributed by atoms with Crippen molar-refractivity contribution in [3.05, 3.63) is 30.1 Å². The van der Waals surface area contributed by atoms with Crippen LogP contribution in [0.4, 0.5) is 0 Å². The van der Waals surface area contributed by atoms with Crippen LogP contribution in [0.3, 0.4) is 0 Å². The average Bonchev–Trinajstić information content (AvgIpc) is 2.29. The second-order valence-corrected chi connectivity index (χ2v) is 3.74. The van der Waals surface area contributed by atoms with Crippen LogP contribution in [-0.2, 0) is 11.2 Å². The summed E-state index contributed by atoms with van der Waals surface area (Å²) in [5.74, 6) is -0.214. The number of primary amides is 1. The summed E-state index contributed by atoms with van der Waals surface area (Å²) in [5.41, 5.74) is 6.15. The minimum absolute atomic E-state index is 0.214. The highest BCUT2D eigenvalue weighted by molar-refractivity contribution is 5.73. The number of aromatic nitrogens is 1. The Morgan fingerprint density at radius 3 is 2.88 bits per heavy atom. The largest absolute Gasteiger partial charge is 0.370 e. The van der Waals surface area contributed by atoms with Gasteiger partial charge in [0.05, 0.1) is 0 Å². The van der Waals surface area contributed by atoms with Gasteiger partial charge in [0, 0.05) is 31.3 Å². The van der Waals surface area contributed by atoms with Crippen molar-refractivity contribution in [3.8, 4) is 0 Å². The Balaban J connectivity index is 1.94. The van der Waals surface area contributed by atoms with Crippen molar-refractivity contribution < 1.29 is 4.79 Å². The molecule has 1 aromatic heterocycles. The van der Waals surface area contributed by atoms with E-state index in [2.05, 4.69) is 10.3 Å². The lowest BCUT2D eigenvalue weighted by Gasteiger charge is -2.03. The Hall–Kier alpha value is -1.42. The molecule has 1 amide bonds. The van der Waals surface area contributed by atoms with Crippen molar-refractivity contribution in [2.75, 3.05) is 13.1 Å². The molecule has 4 heteroatoms. The number of nitrogens with one attached hydrogen (secondary N) is 1. The van der Waals surface area contributed by atoms with Gasteiger partial charge in [-0.3, -0.25) is 9.78 Å². The van der Waals surface area contributed by atoms with E-state index in [1.165, 1.54) is 0 Å². The molecule has 0 saturated heterocycles. The summed E-state index contributed by atoms with van der Waals surface area (Å²) in [6, 6.07) is 5.94. The number of hydrogen-bond acceptors (Lipinski definition) is 3. The van der Waals surface area contributed by atoms with Crippen molar-refractivity contribution in [1.82, 2.24) is 10.3 Å².